The van der Waals surface area contributed by atoms with E-state index in [1.807, 2.05) is 27.7 Å². The van der Waals surface area contributed by atoms with E-state index in [1.165, 1.54) is 5.57 Å². The van der Waals surface area contributed by atoms with Gasteiger partial charge in [-0.15, -0.1) is 5.71 Å². The lowest BCUT2D eigenvalue weighted by Crippen LogP contribution is -2.19. The molecular formula is C10H12NS-. The van der Waals surface area contributed by atoms with Crippen molar-refractivity contribution in [3.63, 3.8) is 0 Å². The molecule has 1 aliphatic carbocycles. The Bertz CT molecular complexity index is 283. The predicted octanol–water partition coefficient (Wildman–Crippen LogP) is 3.05. The van der Waals surface area contributed by atoms with Gasteiger partial charge in [-0.25, -0.2) is 0 Å². The van der Waals surface area contributed by atoms with E-state index in [0.717, 1.165) is 16.7 Å². The van der Waals surface area contributed by atoms with Gasteiger partial charge in [0.25, 0.3) is 0 Å². The first-order valence-corrected chi connectivity index (χ1v) is 4.34. The summed E-state index contributed by atoms with van der Waals surface area (Å²) in [7, 11) is 0. The molecule has 2 heteroatoms. The fourth-order valence-corrected chi connectivity index (χ4v) is 1.56. The molecule has 1 nitrogen and oxygen atoms in total. The zero-order valence-corrected chi connectivity index (χ0v) is 8.67. The van der Waals surface area contributed by atoms with E-state index in [-0.39, 0.29) is 5.71 Å². The minimum atomic E-state index is 0.269. The Kier molecular flexibility index (Phi) is 2.29. The van der Waals surface area contributed by atoms with Gasteiger partial charge in [-0.2, -0.15) is 0 Å². The average Bonchev–Trinajstić information content (AvgIpc) is 2.08. The first-order chi connectivity index (χ1) is 5.46. The van der Waals surface area contributed by atoms with Crippen LogP contribution >= 0.6 is 12.2 Å². The van der Waals surface area contributed by atoms with E-state index in [4.69, 9.17) is 12.2 Å². The second kappa shape index (κ2) is 2.94. The maximum absolute atomic E-state index is 9.59. The van der Waals surface area contributed by atoms with Crippen molar-refractivity contribution in [1.82, 2.24) is 0 Å². The molecule has 0 aromatic heterocycles. The van der Waals surface area contributed by atoms with E-state index >= 15 is 0 Å². The summed E-state index contributed by atoms with van der Waals surface area (Å²) in [6.07, 6.45) is 0. The molecule has 0 unspecified atom stereocenters. The summed E-state index contributed by atoms with van der Waals surface area (Å²) in [6.45, 7) is 7.88. The second-order valence-corrected chi connectivity index (χ2v) is 3.59. The van der Waals surface area contributed by atoms with Gasteiger partial charge in [0, 0.05) is 4.86 Å². The predicted molar refractivity (Wildman–Crippen MR) is 57.7 cm³/mol. The SMILES string of the molecule is CC1=C(C)C(C)=C(C)C(=S)C1=[N-]. The van der Waals surface area contributed by atoms with Crippen LogP contribution in [0.1, 0.15) is 27.7 Å². The van der Waals surface area contributed by atoms with Crippen LogP contribution in [0.5, 0.6) is 0 Å². The van der Waals surface area contributed by atoms with Crippen LogP contribution in [0.4, 0.5) is 0 Å². The summed E-state index contributed by atoms with van der Waals surface area (Å²) < 4.78 is 0. The number of thiocarbonyl (C=S) groups is 1. The first kappa shape index (κ1) is 9.33. The van der Waals surface area contributed by atoms with Gasteiger partial charge in [0.1, 0.15) is 0 Å². The van der Waals surface area contributed by atoms with Gasteiger partial charge < -0.3 is 5.41 Å². The van der Waals surface area contributed by atoms with Crippen molar-refractivity contribution in [1.29, 1.82) is 0 Å². The Hall–Kier alpha value is -0.760. The fourth-order valence-electron chi connectivity index (χ4n) is 1.26. The van der Waals surface area contributed by atoms with Crippen LogP contribution in [0.15, 0.2) is 22.3 Å². The molecule has 0 amide bonds. The first-order valence-electron chi connectivity index (χ1n) is 3.93. The summed E-state index contributed by atoms with van der Waals surface area (Å²) in [5.41, 5.74) is 4.52. The zero-order valence-electron chi connectivity index (χ0n) is 7.86. The summed E-state index contributed by atoms with van der Waals surface area (Å²) >= 11 is 5.08. The van der Waals surface area contributed by atoms with Crippen molar-refractivity contribution < 1.29 is 0 Å². The van der Waals surface area contributed by atoms with Crippen molar-refractivity contribution in [2.24, 2.45) is 0 Å². The standard InChI is InChI=1S/C10H12NS/c1-5-6(2)8(4)10(12)9(11)7(5)3/h1-4H3/q-1. The molecule has 0 aromatic rings. The minimum Gasteiger partial charge on any atom is -0.803 e. The van der Waals surface area contributed by atoms with Crippen molar-refractivity contribution in [3.05, 3.63) is 27.7 Å². The minimum absolute atomic E-state index is 0.269. The van der Waals surface area contributed by atoms with Crippen LogP contribution in [0, 0.1) is 0 Å². The molecule has 0 saturated heterocycles. The third kappa shape index (κ3) is 1.16. The van der Waals surface area contributed by atoms with Gasteiger partial charge in [-0.3, -0.25) is 0 Å². The number of nitrogens with zero attached hydrogens (tertiary/aromatic N) is 1. The summed E-state index contributed by atoms with van der Waals surface area (Å²) in [6, 6.07) is 0. The van der Waals surface area contributed by atoms with Crippen molar-refractivity contribution in [3.8, 4) is 0 Å². The Labute approximate surface area is 78.7 Å². The van der Waals surface area contributed by atoms with Gasteiger partial charge in [0.05, 0.1) is 0 Å². The second-order valence-electron chi connectivity index (χ2n) is 3.18. The van der Waals surface area contributed by atoms with Crippen LogP contribution in [-0.4, -0.2) is 10.6 Å². The van der Waals surface area contributed by atoms with Gasteiger partial charge in [-0.1, -0.05) is 17.8 Å². The third-order valence-corrected chi connectivity index (χ3v) is 3.10. The molecule has 0 aromatic carbocycles. The van der Waals surface area contributed by atoms with Gasteiger partial charge in [-0.05, 0) is 44.4 Å². The lowest BCUT2D eigenvalue weighted by molar-refractivity contribution is 1.25. The average molecular weight is 178 g/mol. The maximum Gasteiger partial charge on any atom is 0.0249 e. The van der Waals surface area contributed by atoms with E-state index in [1.54, 1.807) is 0 Å². The van der Waals surface area contributed by atoms with Gasteiger partial charge in [0.2, 0.25) is 0 Å². The summed E-state index contributed by atoms with van der Waals surface area (Å²) in [5, 5.41) is 9.59. The third-order valence-electron chi connectivity index (χ3n) is 2.60. The Morgan fingerprint density at radius 2 is 1.25 bits per heavy atom. The highest BCUT2D eigenvalue weighted by Crippen LogP contribution is 2.25. The molecule has 64 valence electrons. The van der Waals surface area contributed by atoms with Crippen molar-refractivity contribution in [2.45, 2.75) is 27.7 Å². The molecule has 0 fully saturated rings. The molecule has 1 rings (SSSR count). The zero-order chi connectivity index (χ0) is 9.46. The molecule has 0 atom stereocenters. The highest BCUT2D eigenvalue weighted by molar-refractivity contribution is 7.82. The topological polar surface area (TPSA) is 22.3 Å². The van der Waals surface area contributed by atoms with Crippen molar-refractivity contribution in [2.75, 3.05) is 0 Å². The molecule has 0 N–H and O–H groups in total. The Balaban J connectivity index is 3.37. The molecule has 0 spiro atoms. The van der Waals surface area contributed by atoms with Gasteiger partial charge in [0.15, 0.2) is 0 Å². The lowest BCUT2D eigenvalue weighted by atomic mass is 9.87. The normalized spacial score (nSPS) is 19.3. The highest BCUT2D eigenvalue weighted by atomic mass is 32.1. The molecule has 0 saturated carbocycles. The highest BCUT2D eigenvalue weighted by Gasteiger charge is 2.14. The molecule has 1 aliphatic rings. The van der Waals surface area contributed by atoms with Crippen LogP contribution in [0.2, 0.25) is 0 Å². The molecule has 0 aliphatic heterocycles. The van der Waals surface area contributed by atoms with E-state index < -0.39 is 0 Å². The van der Waals surface area contributed by atoms with Crippen LogP contribution in [-0.2, 0) is 0 Å². The maximum atomic E-state index is 9.59. The quantitative estimate of drug-likeness (QED) is 0.523. The lowest BCUT2D eigenvalue weighted by Gasteiger charge is -2.26. The largest absolute Gasteiger partial charge is 0.803 e. The molecule has 0 radical (unpaired) electrons. The van der Waals surface area contributed by atoms with Crippen LogP contribution in [0.3, 0.4) is 0 Å². The Morgan fingerprint density at radius 3 is 1.75 bits per heavy atom. The van der Waals surface area contributed by atoms with E-state index in [9.17, 15) is 5.41 Å². The Morgan fingerprint density at radius 1 is 0.833 bits per heavy atom. The van der Waals surface area contributed by atoms with Crippen LogP contribution in [0.25, 0.3) is 5.41 Å². The monoisotopic (exact) mass is 178 g/mol. The number of hydrogen-bond acceptors (Lipinski definition) is 1. The van der Waals surface area contributed by atoms with Crippen molar-refractivity contribution >= 4 is 22.8 Å². The number of hydrogen-bond donors (Lipinski definition) is 0. The molecule has 12 heavy (non-hydrogen) atoms. The van der Waals surface area contributed by atoms with E-state index in [2.05, 4.69) is 0 Å². The molecule has 0 heterocycles. The number of rotatable bonds is 0. The van der Waals surface area contributed by atoms with Gasteiger partial charge >= 0.3 is 0 Å². The van der Waals surface area contributed by atoms with Crippen LogP contribution < -0.4 is 0 Å². The number of allylic oxidation sites excluding steroid dienone is 4. The smallest absolute Gasteiger partial charge is 0.0249 e. The van der Waals surface area contributed by atoms with E-state index in [0.29, 0.717) is 4.86 Å². The molecular weight excluding hydrogens is 166 g/mol. The summed E-state index contributed by atoms with van der Waals surface area (Å²) in [5.74, 6) is 0. The summed E-state index contributed by atoms with van der Waals surface area (Å²) in [4.78, 5) is 0.593. The molecule has 0 bridgehead atoms. The fraction of sp³-hybridized carbons (Fsp3) is 0.400.